The van der Waals surface area contributed by atoms with Gasteiger partial charge in [-0.2, -0.15) is 0 Å². The maximum Gasteiger partial charge on any atom is 0.271 e. The Morgan fingerprint density at radius 1 is 1.65 bits per heavy atom. The van der Waals surface area contributed by atoms with Crippen molar-refractivity contribution in [3.8, 4) is 0 Å². The van der Waals surface area contributed by atoms with Crippen molar-refractivity contribution in [2.24, 2.45) is 11.1 Å². The molecule has 2 rings (SSSR count). The van der Waals surface area contributed by atoms with Crippen molar-refractivity contribution >= 4 is 5.91 Å². The average molecular weight is 236 g/mol. The quantitative estimate of drug-likeness (QED) is 0.792. The first-order chi connectivity index (χ1) is 8.13. The fourth-order valence-electron chi connectivity index (χ4n) is 2.09. The first kappa shape index (κ1) is 12.1. The normalized spacial score (nSPS) is 17.5. The van der Waals surface area contributed by atoms with Crippen LogP contribution in [0.15, 0.2) is 12.5 Å². The molecule has 0 aromatic carbocycles. The smallest absolute Gasteiger partial charge is 0.271 e. The molecular weight excluding hydrogens is 216 g/mol. The Morgan fingerprint density at radius 3 is 3.00 bits per heavy atom. The monoisotopic (exact) mass is 236 g/mol. The van der Waals surface area contributed by atoms with Gasteiger partial charge in [-0.25, -0.2) is 4.98 Å². The Kier molecular flexibility index (Phi) is 3.47. The molecule has 1 aromatic heterocycles. The van der Waals surface area contributed by atoms with Crippen molar-refractivity contribution in [2.75, 3.05) is 13.1 Å². The van der Waals surface area contributed by atoms with E-state index in [9.17, 15) is 4.79 Å². The van der Waals surface area contributed by atoms with Gasteiger partial charge in [-0.05, 0) is 18.3 Å². The van der Waals surface area contributed by atoms with Crippen molar-refractivity contribution in [3.05, 3.63) is 18.2 Å². The van der Waals surface area contributed by atoms with Crippen LogP contribution in [-0.4, -0.2) is 28.5 Å². The number of nitrogens with zero attached hydrogens (tertiary/aromatic N) is 2. The predicted molar refractivity (Wildman–Crippen MR) is 65.6 cm³/mol. The van der Waals surface area contributed by atoms with E-state index in [0.717, 1.165) is 6.54 Å². The first-order valence-corrected chi connectivity index (χ1v) is 6.13. The number of nitrogens with one attached hydrogen (secondary N) is 1. The minimum atomic E-state index is -0.0890. The van der Waals surface area contributed by atoms with Crippen LogP contribution in [0.25, 0.3) is 0 Å². The number of carbonyl (C=O) groups is 1. The second-order valence-corrected chi connectivity index (χ2v) is 5.13. The Hall–Kier alpha value is -1.36. The minimum absolute atomic E-state index is 0.0890. The maximum absolute atomic E-state index is 11.8. The van der Waals surface area contributed by atoms with E-state index in [0.29, 0.717) is 24.2 Å². The minimum Gasteiger partial charge on any atom is -0.350 e. The molecular formula is C12H20N4O. The molecule has 1 aromatic rings. The molecule has 0 saturated heterocycles. The van der Waals surface area contributed by atoms with E-state index in [1.54, 1.807) is 12.5 Å². The molecule has 17 heavy (non-hydrogen) atoms. The maximum atomic E-state index is 11.8. The molecule has 0 bridgehead atoms. The molecule has 1 aliphatic carbocycles. The van der Waals surface area contributed by atoms with Gasteiger partial charge in [-0.1, -0.05) is 13.3 Å². The lowest BCUT2D eigenvalue weighted by Gasteiger charge is -2.38. The number of hydrogen-bond donors (Lipinski definition) is 2. The number of nitrogens with two attached hydrogens (primary N) is 1. The van der Waals surface area contributed by atoms with Gasteiger partial charge < -0.3 is 15.6 Å². The zero-order chi connectivity index (χ0) is 12.3. The van der Waals surface area contributed by atoms with Gasteiger partial charge in [0.25, 0.3) is 5.91 Å². The Bertz CT molecular complexity index is 395. The van der Waals surface area contributed by atoms with E-state index in [4.69, 9.17) is 5.73 Å². The largest absolute Gasteiger partial charge is 0.350 e. The van der Waals surface area contributed by atoms with Gasteiger partial charge in [0.2, 0.25) is 0 Å². The number of aromatic nitrogens is 2. The molecule has 1 aliphatic rings. The van der Waals surface area contributed by atoms with Gasteiger partial charge in [-0.15, -0.1) is 0 Å². The van der Waals surface area contributed by atoms with Gasteiger partial charge >= 0.3 is 0 Å². The van der Waals surface area contributed by atoms with Crippen LogP contribution < -0.4 is 11.1 Å². The summed E-state index contributed by atoms with van der Waals surface area (Å²) in [7, 11) is 0. The molecule has 1 heterocycles. The fraction of sp³-hybridized carbons (Fsp3) is 0.667. The van der Waals surface area contributed by atoms with Crippen LogP contribution in [0.4, 0.5) is 0 Å². The number of imidazole rings is 1. The van der Waals surface area contributed by atoms with Crippen LogP contribution in [0.3, 0.4) is 0 Å². The summed E-state index contributed by atoms with van der Waals surface area (Å²) in [6.45, 7) is 4.20. The zero-order valence-corrected chi connectivity index (χ0v) is 10.3. The van der Waals surface area contributed by atoms with Crippen LogP contribution in [-0.2, 0) is 6.54 Å². The third-order valence-corrected chi connectivity index (χ3v) is 3.49. The van der Waals surface area contributed by atoms with E-state index < -0.39 is 0 Å². The van der Waals surface area contributed by atoms with Gasteiger partial charge in [0.05, 0.1) is 6.33 Å². The molecule has 0 spiro atoms. The van der Waals surface area contributed by atoms with Gasteiger partial charge in [0.15, 0.2) is 0 Å². The molecule has 0 radical (unpaired) electrons. The number of carbonyl (C=O) groups excluding carboxylic acids is 1. The van der Waals surface area contributed by atoms with Gasteiger partial charge in [-0.3, -0.25) is 4.79 Å². The van der Waals surface area contributed by atoms with E-state index in [-0.39, 0.29) is 5.91 Å². The molecule has 1 fully saturated rings. The molecule has 94 valence electrons. The zero-order valence-electron chi connectivity index (χ0n) is 10.3. The van der Waals surface area contributed by atoms with Crippen molar-refractivity contribution in [1.29, 1.82) is 0 Å². The van der Waals surface area contributed by atoms with Crippen LogP contribution in [0.5, 0.6) is 0 Å². The Balaban J connectivity index is 1.85. The van der Waals surface area contributed by atoms with Crippen molar-refractivity contribution < 1.29 is 4.79 Å². The molecule has 0 unspecified atom stereocenters. The first-order valence-electron chi connectivity index (χ1n) is 6.13. The second-order valence-electron chi connectivity index (χ2n) is 5.13. The topological polar surface area (TPSA) is 72.9 Å². The summed E-state index contributed by atoms with van der Waals surface area (Å²) in [6.07, 6.45) is 7.07. The summed E-state index contributed by atoms with van der Waals surface area (Å²) in [6, 6.07) is 0. The molecule has 3 N–H and O–H groups in total. The molecule has 1 amide bonds. The number of rotatable bonds is 5. The predicted octanol–water partition coefficient (Wildman–Crippen LogP) is 0.762. The third kappa shape index (κ3) is 2.85. The highest BCUT2D eigenvalue weighted by Gasteiger charge is 2.32. The second kappa shape index (κ2) is 4.87. The van der Waals surface area contributed by atoms with Crippen LogP contribution in [0, 0.1) is 5.41 Å². The molecule has 5 heteroatoms. The standard InChI is InChI=1S/C12H20N4O/c1-12(3-2-4-12)8-14-11(17)10-7-16(6-5-13)9-15-10/h7,9H,2-6,8,13H2,1H3,(H,14,17). The third-order valence-electron chi connectivity index (χ3n) is 3.49. The van der Waals surface area contributed by atoms with Crippen LogP contribution >= 0.6 is 0 Å². The Labute approximate surface area is 101 Å². The fourth-order valence-corrected chi connectivity index (χ4v) is 2.09. The van der Waals surface area contributed by atoms with Crippen LogP contribution in [0.1, 0.15) is 36.7 Å². The van der Waals surface area contributed by atoms with Gasteiger partial charge in [0.1, 0.15) is 5.69 Å². The molecule has 0 atom stereocenters. The highest BCUT2D eigenvalue weighted by molar-refractivity contribution is 5.92. The summed E-state index contributed by atoms with van der Waals surface area (Å²) >= 11 is 0. The number of amides is 1. The Morgan fingerprint density at radius 2 is 2.41 bits per heavy atom. The van der Waals surface area contributed by atoms with E-state index in [1.807, 2.05) is 4.57 Å². The van der Waals surface area contributed by atoms with Gasteiger partial charge in [0, 0.05) is 25.8 Å². The van der Waals surface area contributed by atoms with Crippen molar-refractivity contribution in [2.45, 2.75) is 32.7 Å². The lowest BCUT2D eigenvalue weighted by atomic mass is 9.70. The molecule has 0 aliphatic heterocycles. The van der Waals surface area contributed by atoms with E-state index in [2.05, 4.69) is 17.2 Å². The summed E-state index contributed by atoms with van der Waals surface area (Å²) in [5.41, 5.74) is 6.21. The molecule has 5 nitrogen and oxygen atoms in total. The highest BCUT2D eigenvalue weighted by atomic mass is 16.1. The van der Waals surface area contributed by atoms with Crippen LogP contribution in [0.2, 0.25) is 0 Å². The summed E-state index contributed by atoms with van der Waals surface area (Å²) in [4.78, 5) is 15.9. The van der Waals surface area contributed by atoms with Crippen molar-refractivity contribution in [1.82, 2.24) is 14.9 Å². The molecule has 1 saturated carbocycles. The highest BCUT2D eigenvalue weighted by Crippen LogP contribution is 2.39. The summed E-state index contributed by atoms with van der Waals surface area (Å²) in [5, 5.41) is 2.95. The summed E-state index contributed by atoms with van der Waals surface area (Å²) < 4.78 is 1.83. The lowest BCUT2D eigenvalue weighted by Crippen LogP contribution is -2.40. The van der Waals surface area contributed by atoms with E-state index in [1.165, 1.54) is 19.3 Å². The van der Waals surface area contributed by atoms with E-state index >= 15 is 0 Å². The summed E-state index contributed by atoms with van der Waals surface area (Å²) in [5.74, 6) is -0.0890. The SMILES string of the molecule is CC1(CNC(=O)c2cn(CCN)cn2)CCC1. The number of hydrogen-bond acceptors (Lipinski definition) is 3. The average Bonchev–Trinajstić information content (AvgIpc) is 2.72. The van der Waals surface area contributed by atoms with Crippen molar-refractivity contribution in [3.63, 3.8) is 0 Å². The lowest BCUT2D eigenvalue weighted by molar-refractivity contribution is 0.0886.